The summed E-state index contributed by atoms with van der Waals surface area (Å²) in [7, 11) is 0. The highest BCUT2D eigenvalue weighted by Crippen LogP contribution is 2.21. The summed E-state index contributed by atoms with van der Waals surface area (Å²) in [6.07, 6.45) is 1.50. The van der Waals surface area contributed by atoms with Crippen LogP contribution in [0.2, 0.25) is 0 Å². The van der Waals surface area contributed by atoms with Crippen molar-refractivity contribution < 1.29 is 4.39 Å². The van der Waals surface area contributed by atoms with E-state index < -0.39 is 0 Å². The summed E-state index contributed by atoms with van der Waals surface area (Å²) >= 11 is 4.26. The lowest BCUT2D eigenvalue weighted by atomic mass is 10.2. The zero-order valence-electron chi connectivity index (χ0n) is 8.47. The maximum absolute atomic E-state index is 13.3. The lowest BCUT2D eigenvalue weighted by Crippen LogP contribution is -1.86. The van der Waals surface area contributed by atoms with Crippen LogP contribution in [0.15, 0.2) is 58.4 Å². The number of rotatable bonds is 2. The van der Waals surface area contributed by atoms with Crippen LogP contribution in [-0.2, 0) is 0 Å². The number of para-hydroxylation sites is 1. The van der Waals surface area contributed by atoms with Crippen molar-refractivity contribution in [3.05, 3.63) is 59.9 Å². The molecule has 1 nitrogen and oxygen atoms in total. The zero-order valence-corrected chi connectivity index (χ0v) is 9.36. The van der Waals surface area contributed by atoms with Crippen molar-refractivity contribution in [2.75, 3.05) is 0 Å². The molecular weight excluding hydrogens is 221 g/mol. The van der Waals surface area contributed by atoms with Gasteiger partial charge in [-0.1, -0.05) is 30.3 Å². The minimum atomic E-state index is -0.275. The van der Waals surface area contributed by atoms with Crippen LogP contribution in [0.5, 0.6) is 0 Å². The molecular formula is C13H10FNS. The largest absolute Gasteiger partial charge is 0.255 e. The lowest BCUT2D eigenvalue weighted by Gasteiger charge is -1.98. The van der Waals surface area contributed by atoms with Crippen molar-refractivity contribution >= 4 is 24.5 Å². The van der Waals surface area contributed by atoms with E-state index in [9.17, 15) is 4.39 Å². The van der Waals surface area contributed by atoms with Crippen molar-refractivity contribution in [1.82, 2.24) is 0 Å². The van der Waals surface area contributed by atoms with Crippen LogP contribution in [0.25, 0.3) is 0 Å². The van der Waals surface area contributed by atoms with Crippen LogP contribution in [0.4, 0.5) is 10.1 Å². The lowest BCUT2D eigenvalue weighted by molar-refractivity contribution is 0.626. The fourth-order valence-corrected chi connectivity index (χ4v) is 1.51. The summed E-state index contributed by atoms with van der Waals surface area (Å²) in [6.45, 7) is 0. The molecule has 0 bridgehead atoms. The van der Waals surface area contributed by atoms with Crippen molar-refractivity contribution in [3.8, 4) is 0 Å². The number of hydrogen-bond donors (Lipinski definition) is 1. The predicted octanol–water partition coefficient (Wildman–Crippen LogP) is 3.87. The van der Waals surface area contributed by atoms with E-state index in [2.05, 4.69) is 17.6 Å². The molecule has 0 radical (unpaired) electrons. The number of halogens is 1. The van der Waals surface area contributed by atoms with Crippen molar-refractivity contribution in [2.24, 2.45) is 4.99 Å². The second-order valence-electron chi connectivity index (χ2n) is 3.27. The Labute approximate surface area is 99.1 Å². The monoisotopic (exact) mass is 231 g/mol. The van der Waals surface area contributed by atoms with Crippen LogP contribution in [-0.4, -0.2) is 6.21 Å². The average Bonchev–Trinajstić information content (AvgIpc) is 2.30. The highest BCUT2D eigenvalue weighted by Gasteiger charge is 1.97. The zero-order chi connectivity index (χ0) is 11.4. The summed E-state index contributed by atoms with van der Waals surface area (Å²) in [5, 5.41) is 0. The Hall–Kier alpha value is -1.61. The molecule has 3 heteroatoms. The molecule has 0 saturated carbocycles. The predicted molar refractivity (Wildman–Crippen MR) is 67.3 cm³/mol. The molecule has 16 heavy (non-hydrogen) atoms. The Balaban J connectivity index is 2.29. The molecule has 80 valence electrons. The molecule has 0 spiro atoms. The number of thiol groups is 1. The molecule has 0 aromatic heterocycles. The van der Waals surface area contributed by atoms with E-state index in [-0.39, 0.29) is 5.82 Å². The number of benzene rings is 2. The van der Waals surface area contributed by atoms with E-state index in [1.807, 2.05) is 24.3 Å². The fourth-order valence-electron chi connectivity index (χ4n) is 1.29. The first kappa shape index (κ1) is 10.9. The van der Waals surface area contributed by atoms with E-state index in [1.54, 1.807) is 18.2 Å². The molecule has 0 amide bonds. The molecule has 0 unspecified atom stereocenters. The number of nitrogens with zero attached hydrogens (tertiary/aromatic N) is 1. The smallest absolute Gasteiger partial charge is 0.131 e. The van der Waals surface area contributed by atoms with E-state index in [4.69, 9.17) is 0 Å². The van der Waals surface area contributed by atoms with Crippen molar-refractivity contribution in [3.63, 3.8) is 0 Å². The van der Waals surface area contributed by atoms with Crippen LogP contribution in [0.3, 0.4) is 0 Å². The molecule has 0 fully saturated rings. The molecule has 2 aromatic rings. The van der Waals surface area contributed by atoms with Gasteiger partial charge in [0.05, 0.1) is 5.69 Å². The van der Waals surface area contributed by atoms with Gasteiger partial charge < -0.3 is 0 Å². The first-order valence-electron chi connectivity index (χ1n) is 4.84. The van der Waals surface area contributed by atoms with Gasteiger partial charge in [-0.25, -0.2) is 4.39 Å². The summed E-state index contributed by atoms with van der Waals surface area (Å²) in [5.41, 5.74) is 1.20. The van der Waals surface area contributed by atoms with E-state index >= 15 is 0 Å². The third-order valence-electron chi connectivity index (χ3n) is 2.13. The molecule has 0 N–H and O–H groups in total. The Kier molecular flexibility index (Phi) is 3.37. The Morgan fingerprint density at radius 2 is 1.69 bits per heavy atom. The fraction of sp³-hybridized carbons (Fsp3) is 0. The van der Waals surface area contributed by atoms with E-state index in [0.29, 0.717) is 5.56 Å². The van der Waals surface area contributed by atoms with Gasteiger partial charge in [-0.15, -0.1) is 12.6 Å². The van der Waals surface area contributed by atoms with Gasteiger partial charge in [-0.3, -0.25) is 4.99 Å². The first-order chi connectivity index (χ1) is 7.77. The number of hydrogen-bond acceptors (Lipinski definition) is 2. The van der Waals surface area contributed by atoms with Crippen LogP contribution in [0.1, 0.15) is 5.56 Å². The van der Waals surface area contributed by atoms with Crippen molar-refractivity contribution in [1.29, 1.82) is 0 Å². The number of aliphatic imine (C=N–C) groups is 1. The van der Waals surface area contributed by atoms with Gasteiger partial charge in [0.1, 0.15) is 5.82 Å². The Morgan fingerprint density at radius 1 is 1.00 bits per heavy atom. The summed E-state index contributed by atoms with van der Waals surface area (Å²) in [4.78, 5) is 4.97. The summed E-state index contributed by atoms with van der Waals surface area (Å²) in [5.74, 6) is -0.275. The van der Waals surface area contributed by atoms with Gasteiger partial charge in [0.25, 0.3) is 0 Å². The van der Waals surface area contributed by atoms with Crippen LogP contribution < -0.4 is 0 Å². The second kappa shape index (κ2) is 4.94. The maximum Gasteiger partial charge on any atom is 0.131 e. The second-order valence-corrected chi connectivity index (χ2v) is 3.75. The Bertz CT molecular complexity index is 475. The highest BCUT2D eigenvalue weighted by atomic mass is 32.1. The molecule has 0 aliphatic heterocycles. The average molecular weight is 231 g/mol. The third-order valence-corrected chi connectivity index (χ3v) is 2.51. The van der Waals surface area contributed by atoms with Gasteiger partial charge in [-0.2, -0.15) is 0 Å². The normalized spacial score (nSPS) is 10.9. The molecule has 0 heterocycles. The van der Waals surface area contributed by atoms with E-state index in [1.165, 1.54) is 12.3 Å². The molecule has 2 aromatic carbocycles. The molecule has 0 aliphatic carbocycles. The van der Waals surface area contributed by atoms with Gasteiger partial charge in [0, 0.05) is 16.7 Å². The highest BCUT2D eigenvalue weighted by molar-refractivity contribution is 7.80. The summed E-state index contributed by atoms with van der Waals surface area (Å²) < 4.78 is 13.3. The Morgan fingerprint density at radius 3 is 2.44 bits per heavy atom. The van der Waals surface area contributed by atoms with Gasteiger partial charge >= 0.3 is 0 Å². The van der Waals surface area contributed by atoms with Crippen LogP contribution >= 0.6 is 12.6 Å². The SMILES string of the molecule is Fc1ccccc1C=Nc1ccccc1S. The minimum Gasteiger partial charge on any atom is -0.255 e. The molecule has 0 aliphatic rings. The molecule has 0 saturated heterocycles. The third kappa shape index (κ3) is 2.49. The molecule has 0 atom stereocenters. The molecule has 2 rings (SSSR count). The quantitative estimate of drug-likeness (QED) is 0.595. The van der Waals surface area contributed by atoms with Gasteiger partial charge in [0.15, 0.2) is 0 Å². The van der Waals surface area contributed by atoms with Gasteiger partial charge in [-0.05, 0) is 18.2 Å². The maximum atomic E-state index is 13.3. The van der Waals surface area contributed by atoms with E-state index in [0.717, 1.165) is 10.6 Å². The van der Waals surface area contributed by atoms with Crippen molar-refractivity contribution in [2.45, 2.75) is 4.90 Å². The standard InChI is InChI=1S/C13H10FNS/c14-11-6-2-1-5-10(11)9-15-12-7-3-4-8-13(12)16/h1-9,16H. The van der Waals surface area contributed by atoms with Gasteiger partial charge in [0.2, 0.25) is 0 Å². The minimum absolute atomic E-state index is 0.275. The summed E-state index contributed by atoms with van der Waals surface area (Å²) in [6, 6.07) is 13.9. The first-order valence-corrected chi connectivity index (χ1v) is 5.28. The topological polar surface area (TPSA) is 12.4 Å². The van der Waals surface area contributed by atoms with Crippen LogP contribution in [0, 0.1) is 5.82 Å².